The summed E-state index contributed by atoms with van der Waals surface area (Å²) in [7, 11) is 0. The zero-order chi connectivity index (χ0) is 26.2. The lowest BCUT2D eigenvalue weighted by Crippen LogP contribution is -2.47. The topological polar surface area (TPSA) is 81.5 Å². The van der Waals surface area contributed by atoms with E-state index < -0.39 is 0 Å². The van der Waals surface area contributed by atoms with Crippen LogP contribution in [0.15, 0.2) is 34.7 Å². The molecular formula is C29H40N2O6. The number of carbonyl (C=O) groups is 2. The van der Waals surface area contributed by atoms with E-state index in [0.29, 0.717) is 43.5 Å². The summed E-state index contributed by atoms with van der Waals surface area (Å²) in [5, 5.41) is 0. The second-order valence-electron chi connectivity index (χ2n) is 10.1. The number of aryl methyl sites for hydroxylation is 1. The highest BCUT2D eigenvalue weighted by Crippen LogP contribution is 2.33. The number of nitrogens with zero attached hydrogens (tertiary/aromatic N) is 2. The fourth-order valence-electron chi connectivity index (χ4n) is 4.99. The molecule has 37 heavy (non-hydrogen) atoms. The van der Waals surface area contributed by atoms with Crippen molar-refractivity contribution in [2.45, 2.75) is 78.5 Å². The van der Waals surface area contributed by atoms with Crippen molar-refractivity contribution in [3.63, 3.8) is 0 Å². The van der Waals surface area contributed by atoms with Crippen LogP contribution in [-0.2, 0) is 27.4 Å². The van der Waals surface area contributed by atoms with Gasteiger partial charge in [0, 0.05) is 25.6 Å². The number of ether oxygens (including phenoxy) is 3. The summed E-state index contributed by atoms with van der Waals surface area (Å²) in [6.07, 6.45) is 5.53. The third kappa shape index (κ3) is 7.28. The largest absolute Gasteiger partial charge is 0.464 e. The number of furan rings is 1. The molecule has 0 spiro atoms. The molecule has 0 saturated carbocycles. The number of benzene rings is 1. The highest BCUT2D eigenvalue weighted by Gasteiger charge is 2.30. The third-order valence-corrected chi connectivity index (χ3v) is 7.14. The van der Waals surface area contributed by atoms with Gasteiger partial charge in [0.05, 0.1) is 19.2 Å². The summed E-state index contributed by atoms with van der Waals surface area (Å²) in [5.74, 6) is 2.73. The van der Waals surface area contributed by atoms with Crippen LogP contribution in [0.25, 0.3) is 0 Å². The molecule has 1 fully saturated rings. The Labute approximate surface area is 219 Å². The summed E-state index contributed by atoms with van der Waals surface area (Å²) in [6.45, 7) is 8.13. The second-order valence-corrected chi connectivity index (χ2v) is 10.1. The zero-order valence-electron chi connectivity index (χ0n) is 22.4. The van der Waals surface area contributed by atoms with Crippen molar-refractivity contribution in [2.24, 2.45) is 5.92 Å². The molecule has 0 aliphatic carbocycles. The van der Waals surface area contributed by atoms with E-state index in [9.17, 15) is 9.59 Å². The monoisotopic (exact) mass is 512 g/mol. The first-order valence-electron chi connectivity index (χ1n) is 13.6. The van der Waals surface area contributed by atoms with Gasteiger partial charge in [-0.05, 0) is 62.4 Å². The average molecular weight is 513 g/mol. The molecule has 2 atom stereocenters. The molecule has 202 valence electrons. The van der Waals surface area contributed by atoms with Gasteiger partial charge in [-0.15, -0.1) is 0 Å². The molecule has 1 saturated heterocycles. The maximum absolute atomic E-state index is 13.8. The van der Waals surface area contributed by atoms with Crippen LogP contribution in [0, 0.1) is 12.8 Å². The lowest BCUT2D eigenvalue weighted by Gasteiger charge is -2.31. The van der Waals surface area contributed by atoms with Crippen molar-refractivity contribution in [3.8, 4) is 11.5 Å². The van der Waals surface area contributed by atoms with Crippen molar-refractivity contribution in [1.29, 1.82) is 0 Å². The smallest absolute Gasteiger partial charge is 0.242 e. The Morgan fingerprint density at radius 3 is 2.59 bits per heavy atom. The van der Waals surface area contributed by atoms with Gasteiger partial charge in [-0.25, -0.2) is 0 Å². The van der Waals surface area contributed by atoms with Crippen molar-refractivity contribution < 1.29 is 28.2 Å². The maximum atomic E-state index is 13.8. The molecule has 3 heterocycles. The summed E-state index contributed by atoms with van der Waals surface area (Å²) < 4.78 is 22.6. The Morgan fingerprint density at radius 1 is 1.05 bits per heavy atom. The minimum Gasteiger partial charge on any atom is -0.464 e. The lowest BCUT2D eigenvalue weighted by molar-refractivity contribution is -0.145. The molecule has 0 bridgehead atoms. The Bertz CT molecular complexity index is 1040. The molecule has 0 unspecified atom stereocenters. The maximum Gasteiger partial charge on any atom is 0.242 e. The van der Waals surface area contributed by atoms with Crippen molar-refractivity contribution >= 4 is 11.8 Å². The van der Waals surface area contributed by atoms with E-state index in [1.165, 1.54) is 0 Å². The van der Waals surface area contributed by atoms with Crippen LogP contribution in [0.1, 0.15) is 69.5 Å². The molecule has 2 aliphatic rings. The Kier molecular flexibility index (Phi) is 9.50. The summed E-state index contributed by atoms with van der Waals surface area (Å²) in [6, 6.07) is 9.50. The van der Waals surface area contributed by atoms with Gasteiger partial charge < -0.3 is 28.4 Å². The molecule has 4 rings (SSSR count). The van der Waals surface area contributed by atoms with Gasteiger partial charge in [0.15, 0.2) is 11.5 Å². The fraction of sp³-hybridized carbons (Fsp3) is 0.586. The number of amides is 2. The molecule has 8 heteroatoms. The van der Waals surface area contributed by atoms with E-state index in [2.05, 4.69) is 13.8 Å². The predicted molar refractivity (Wildman–Crippen MR) is 139 cm³/mol. The Balaban J connectivity index is 1.53. The standard InChI is InChI=1S/C29H40N2O6/c1-4-6-8-23(5-2)29(33)31(17-24-9-7-14-34-24)19-28(32)30(18-25-12-10-21(3)37-25)16-22-11-13-26-27(15-22)36-20-35-26/h10-13,15,23-24H,4-9,14,16-20H2,1-3H3/t23-,24+/m0/s1. The summed E-state index contributed by atoms with van der Waals surface area (Å²) in [4.78, 5) is 30.9. The fourth-order valence-corrected chi connectivity index (χ4v) is 4.99. The van der Waals surface area contributed by atoms with Crippen LogP contribution in [0.4, 0.5) is 0 Å². The van der Waals surface area contributed by atoms with Gasteiger partial charge in [0.25, 0.3) is 0 Å². The molecule has 1 aromatic heterocycles. The van der Waals surface area contributed by atoms with E-state index in [0.717, 1.165) is 49.8 Å². The van der Waals surface area contributed by atoms with Gasteiger partial charge in [-0.3, -0.25) is 9.59 Å². The minimum atomic E-state index is -0.122. The van der Waals surface area contributed by atoms with E-state index in [1.807, 2.05) is 37.3 Å². The molecule has 1 aromatic carbocycles. The van der Waals surface area contributed by atoms with Gasteiger partial charge in [0.2, 0.25) is 18.6 Å². The SMILES string of the molecule is CCCC[C@H](CC)C(=O)N(CC(=O)N(Cc1ccc2c(c1)OCO2)Cc1ccc(C)o1)C[C@H]1CCCO1. The van der Waals surface area contributed by atoms with Gasteiger partial charge >= 0.3 is 0 Å². The number of carbonyl (C=O) groups excluding carboxylic acids is 2. The van der Waals surface area contributed by atoms with Crippen LogP contribution in [0.2, 0.25) is 0 Å². The van der Waals surface area contributed by atoms with Gasteiger partial charge in [-0.2, -0.15) is 0 Å². The number of hydrogen-bond acceptors (Lipinski definition) is 6. The van der Waals surface area contributed by atoms with E-state index in [-0.39, 0.29) is 37.2 Å². The molecule has 0 N–H and O–H groups in total. The second kappa shape index (κ2) is 13.0. The van der Waals surface area contributed by atoms with E-state index in [1.54, 1.807) is 9.80 Å². The molecule has 2 aromatic rings. The molecule has 2 aliphatic heterocycles. The van der Waals surface area contributed by atoms with Crippen LogP contribution < -0.4 is 9.47 Å². The van der Waals surface area contributed by atoms with Crippen LogP contribution >= 0.6 is 0 Å². The van der Waals surface area contributed by atoms with Crippen LogP contribution in [0.5, 0.6) is 11.5 Å². The van der Waals surface area contributed by atoms with E-state index in [4.69, 9.17) is 18.6 Å². The van der Waals surface area contributed by atoms with Gasteiger partial charge in [0.1, 0.15) is 11.5 Å². The highest BCUT2D eigenvalue weighted by molar-refractivity contribution is 5.86. The Hall–Kier alpha value is -3.00. The number of hydrogen-bond donors (Lipinski definition) is 0. The zero-order valence-corrected chi connectivity index (χ0v) is 22.4. The van der Waals surface area contributed by atoms with Crippen molar-refractivity contribution in [3.05, 3.63) is 47.4 Å². The van der Waals surface area contributed by atoms with E-state index >= 15 is 0 Å². The predicted octanol–water partition coefficient (Wildman–Crippen LogP) is 5.07. The third-order valence-electron chi connectivity index (χ3n) is 7.14. The quantitative estimate of drug-likeness (QED) is 0.373. The van der Waals surface area contributed by atoms with Crippen LogP contribution in [0.3, 0.4) is 0 Å². The Morgan fingerprint density at radius 2 is 1.89 bits per heavy atom. The van der Waals surface area contributed by atoms with Crippen LogP contribution in [-0.4, -0.2) is 54.2 Å². The number of fused-ring (bicyclic) bond motifs is 1. The number of unbranched alkanes of at least 4 members (excludes halogenated alkanes) is 1. The molecule has 0 radical (unpaired) electrons. The minimum absolute atomic E-state index is 0.0181. The molecular weight excluding hydrogens is 472 g/mol. The first-order valence-corrected chi connectivity index (χ1v) is 13.6. The lowest BCUT2D eigenvalue weighted by atomic mass is 9.97. The summed E-state index contributed by atoms with van der Waals surface area (Å²) >= 11 is 0. The van der Waals surface area contributed by atoms with Crippen molar-refractivity contribution in [1.82, 2.24) is 9.80 Å². The van der Waals surface area contributed by atoms with Crippen molar-refractivity contribution in [2.75, 3.05) is 26.5 Å². The molecule has 2 amide bonds. The van der Waals surface area contributed by atoms with Gasteiger partial charge in [-0.1, -0.05) is 32.8 Å². The molecule has 8 nitrogen and oxygen atoms in total. The number of rotatable bonds is 13. The average Bonchev–Trinajstić information content (AvgIpc) is 3.66. The first kappa shape index (κ1) is 27.0. The summed E-state index contributed by atoms with van der Waals surface area (Å²) in [5.41, 5.74) is 0.923. The first-order chi connectivity index (χ1) is 18.0. The highest BCUT2D eigenvalue weighted by atomic mass is 16.7. The normalized spacial score (nSPS) is 17.1.